The fourth-order valence-corrected chi connectivity index (χ4v) is 2.29. The average Bonchev–Trinajstić information content (AvgIpc) is 3.09. The van der Waals surface area contributed by atoms with Crippen LogP contribution in [0, 0.1) is 0 Å². The molecule has 2 heterocycles. The van der Waals surface area contributed by atoms with Crippen molar-refractivity contribution in [2.75, 3.05) is 0 Å². The summed E-state index contributed by atoms with van der Waals surface area (Å²) in [6.45, 7) is 6.30. The normalized spacial score (nSPS) is 11.1. The monoisotopic (exact) mass is 270 g/mol. The molecule has 0 spiro atoms. The Morgan fingerprint density at radius 2 is 2.00 bits per heavy atom. The predicted molar refractivity (Wildman–Crippen MR) is 77.6 cm³/mol. The number of hydrogen-bond donors (Lipinski definition) is 0. The minimum Gasteiger partial charge on any atom is -0.484 e. The molecule has 0 radical (unpaired) electrons. The second kappa shape index (κ2) is 5.36. The van der Waals surface area contributed by atoms with Crippen molar-refractivity contribution in [2.45, 2.75) is 33.5 Å². The second-order valence-corrected chi connectivity index (χ2v) is 4.60. The second-order valence-electron chi connectivity index (χ2n) is 4.60. The molecule has 5 heteroatoms. The minimum absolute atomic E-state index is 0.461. The van der Waals surface area contributed by atoms with E-state index in [0.717, 1.165) is 35.4 Å². The molecule has 0 saturated carbocycles. The van der Waals surface area contributed by atoms with Crippen LogP contribution in [0.25, 0.3) is 10.9 Å². The summed E-state index contributed by atoms with van der Waals surface area (Å²) < 4.78 is 9.63. The summed E-state index contributed by atoms with van der Waals surface area (Å²) in [4.78, 5) is 0. The number of para-hydroxylation sites is 1. The van der Waals surface area contributed by atoms with E-state index < -0.39 is 0 Å². The smallest absolute Gasteiger partial charge is 0.157 e. The fraction of sp³-hybridized carbons (Fsp3) is 0.333. The molecule has 5 nitrogen and oxygen atoms in total. The molecule has 0 aliphatic heterocycles. The van der Waals surface area contributed by atoms with Gasteiger partial charge in [-0.15, -0.1) is 0 Å². The largest absolute Gasteiger partial charge is 0.484 e. The van der Waals surface area contributed by atoms with E-state index in [1.165, 1.54) is 0 Å². The first-order valence-electron chi connectivity index (χ1n) is 6.91. The molecule has 2 aromatic heterocycles. The van der Waals surface area contributed by atoms with Gasteiger partial charge < -0.3 is 4.74 Å². The van der Waals surface area contributed by atoms with Crippen LogP contribution in [0.3, 0.4) is 0 Å². The summed E-state index contributed by atoms with van der Waals surface area (Å²) in [7, 11) is 0. The molecule has 0 bridgehead atoms. The van der Waals surface area contributed by atoms with Crippen molar-refractivity contribution in [3.05, 3.63) is 42.4 Å². The van der Waals surface area contributed by atoms with E-state index >= 15 is 0 Å². The van der Waals surface area contributed by atoms with Gasteiger partial charge in [-0.2, -0.15) is 10.2 Å². The van der Waals surface area contributed by atoms with Gasteiger partial charge in [0.1, 0.15) is 12.3 Å². The van der Waals surface area contributed by atoms with Gasteiger partial charge in [0.15, 0.2) is 5.75 Å². The molecule has 0 aliphatic rings. The van der Waals surface area contributed by atoms with E-state index in [0.29, 0.717) is 6.61 Å². The van der Waals surface area contributed by atoms with Gasteiger partial charge in [0, 0.05) is 18.5 Å². The standard InChI is InChI=1S/C15H18N4O/c1-3-18-10-12(9-16-18)20-11-14-13-7-5-6-8-15(13)19(4-2)17-14/h5-10H,3-4,11H2,1-2H3. The maximum atomic E-state index is 5.78. The SMILES string of the molecule is CCn1cc(OCc2nn(CC)c3ccccc23)cn1. The lowest BCUT2D eigenvalue weighted by Crippen LogP contribution is -2.00. The zero-order chi connectivity index (χ0) is 13.9. The first kappa shape index (κ1) is 12.7. The number of rotatable bonds is 5. The van der Waals surface area contributed by atoms with Crippen LogP contribution < -0.4 is 4.74 Å². The van der Waals surface area contributed by atoms with Crippen LogP contribution >= 0.6 is 0 Å². The van der Waals surface area contributed by atoms with Crippen molar-refractivity contribution in [3.8, 4) is 5.75 Å². The maximum absolute atomic E-state index is 5.78. The highest BCUT2D eigenvalue weighted by molar-refractivity contribution is 5.81. The van der Waals surface area contributed by atoms with Crippen LogP contribution in [0.2, 0.25) is 0 Å². The molecule has 0 unspecified atom stereocenters. The third-order valence-corrected chi connectivity index (χ3v) is 3.34. The summed E-state index contributed by atoms with van der Waals surface area (Å²) in [5.41, 5.74) is 2.12. The number of aryl methyl sites for hydroxylation is 2. The zero-order valence-electron chi connectivity index (χ0n) is 11.8. The predicted octanol–water partition coefficient (Wildman–Crippen LogP) is 2.85. The Labute approximate surface area is 117 Å². The highest BCUT2D eigenvalue weighted by Gasteiger charge is 2.10. The summed E-state index contributed by atoms with van der Waals surface area (Å²) >= 11 is 0. The molecule has 3 rings (SSSR count). The van der Waals surface area contributed by atoms with Gasteiger partial charge in [-0.1, -0.05) is 18.2 Å². The molecule has 1 aromatic carbocycles. The lowest BCUT2D eigenvalue weighted by Gasteiger charge is -2.00. The zero-order valence-corrected chi connectivity index (χ0v) is 11.8. The summed E-state index contributed by atoms with van der Waals surface area (Å²) in [6, 6.07) is 8.24. The molecule has 0 N–H and O–H groups in total. The first-order chi connectivity index (χ1) is 9.81. The van der Waals surface area contributed by atoms with Crippen molar-refractivity contribution in [3.63, 3.8) is 0 Å². The van der Waals surface area contributed by atoms with Crippen molar-refractivity contribution < 1.29 is 4.74 Å². The van der Waals surface area contributed by atoms with Crippen molar-refractivity contribution in [1.82, 2.24) is 19.6 Å². The van der Waals surface area contributed by atoms with Crippen molar-refractivity contribution in [2.24, 2.45) is 0 Å². The number of nitrogens with zero attached hydrogens (tertiary/aromatic N) is 4. The van der Waals surface area contributed by atoms with E-state index in [-0.39, 0.29) is 0 Å². The van der Waals surface area contributed by atoms with Gasteiger partial charge in [0.05, 0.1) is 17.9 Å². The molecule has 104 valence electrons. The van der Waals surface area contributed by atoms with Crippen LogP contribution in [0.5, 0.6) is 5.75 Å². The highest BCUT2D eigenvalue weighted by Crippen LogP contribution is 2.20. The number of fused-ring (bicyclic) bond motifs is 1. The lowest BCUT2D eigenvalue weighted by atomic mass is 10.2. The lowest BCUT2D eigenvalue weighted by molar-refractivity contribution is 0.300. The minimum atomic E-state index is 0.461. The fourth-order valence-electron chi connectivity index (χ4n) is 2.29. The van der Waals surface area contributed by atoms with E-state index in [2.05, 4.69) is 29.3 Å². The van der Waals surface area contributed by atoms with Gasteiger partial charge in [-0.3, -0.25) is 9.36 Å². The Morgan fingerprint density at radius 1 is 1.15 bits per heavy atom. The Bertz CT molecular complexity index is 714. The number of benzene rings is 1. The third-order valence-electron chi connectivity index (χ3n) is 3.34. The topological polar surface area (TPSA) is 44.9 Å². The maximum Gasteiger partial charge on any atom is 0.157 e. The summed E-state index contributed by atoms with van der Waals surface area (Å²) in [5, 5.41) is 9.96. The number of aromatic nitrogens is 4. The molecule has 0 atom stereocenters. The molecular weight excluding hydrogens is 252 g/mol. The Hall–Kier alpha value is -2.30. The number of ether oxygens (including phenoxy) is 1. The van der Waals surface area contributed by atoms with Gasteiger partial charge in [-0.25, -0.2) is 0 Å². The first-order valence-corrected chi connectivity index (χ1v) is 6.91. The van der Waals surface area contributed by atoms with Gasteiger partial charge >= 0.3 is 0 Å². The van der Waals surface area contributed by atoms with Crippen molar-refractivity contribution in [1.29, 1.82) is 0 Å². The Balaban J connectivity index is 1.83. The van der Waals surface area contributed by atoms with Crippen LogP contribution in [0.1, 0.15) is 19.5 Å². The summed E-state index contributed by atoms with van der Waals surface area (Å²) in [6.07, 6.45) is 3.64. The van der Waals surface area contributed by atoms with Crippen LogP contribution in [-0.2, 0) is 19.7 Å². The average molecular weight is 270 g/mol. The quantitative estimate of drug-likeness (QED) is 0.716. The van der Waals surface area contributed by atoms with E-state index in [9.17, 15) is 0 Å². The van der Waals surface area contributed by atoms with E-state index in [4.69, 9.17) is 4.74 Å². The van der Waals surface area contributed by atoms with Crippen molar-refractivity contribution >= 4 is 10.9 Å². The molecular formula is C15H18N4O. The van der Waals surface area contributed by atoms with Gasteiger partial charge in [0.2, 0.25) is 0 Å². The van der Waals surface area contributed by atoms with Crippen LogP contribution in [0.15, 0.2) is 36.7 Å². The van der Waals surface area contributed by atoms with Crippen LogP contribution in [0.4, 0.5) is 0 Å². The Morgan fingerprint density at radius 3 is 2.75 bits per heavy atom. The van der Waals surface area contributed by atoms with Crippen LogP contribution in [-0.4, -0.2) is 19.6 Å². The molecule has 0 fully saturated rings. The Kier molecular flexibility index (Phi) is 3.41. The van der Waals surface area contributed by atoms with E-state index in [1.54, 1.807) is 6.20 Å². The number of hydrogen-bond acceptors (Lipinski definition) is 3. The van der Waals surface area contributed by atoms with Gasteiger partial charge in [-0.05, 0) is 19.9 Å². The summed E-state index contributed by atoms with van der Waals surface area (Å²) in [5.74, 6) is 0.780. The highest BCUT2D eigenvalue weighted by atomic mass is 16.5. The van der Waals surface area contributed by atoms with Gasteiger partial charge in [0.25, 0.3) is 0 Å². The molecule has 20 heavy (non-hydrogen) atoms. The van der Waals surface area contributed by atoms with E-state index in [1.807, 2.05) is 34.6 Å². The molecule has 0 aliphatic carbocycles. The molecule has 0 saturated heterocycles. The third kappa shape index (κ3) is 2.27. The molecule has 3 aromatic rings. The molecule has 0 amide bonds.